The Balaban J connectivity index is 2.64. The molecule has 1 aliphatic rings. The van der Waals surface area contributed by atoms with E-state index in [-0.39, 0.29) is 0 Å². The van der Waals surface area contributed by atoms with E-state index in [9.17, 15) is 18.3 Å². The van der Waals surface area contributed by atoms with E-state index in [4.69, 9.17) is 0 Å². The zero-order valence-corrected chi connectivity index (χ0v) is 8.29. The molecule has 2 atom stereocenters. The maximum atomic E-state index is 11.9. The van der Waals surface area contributed by atoms with Crippen molar-refractivity contribution in [1.29, 1.82) is 0 Å². The van der Waals surface area contributed by atoms with Crippen molar-refractivity contribution in [3.8, 4) is 0 Å². The van der Waals surface area contributed by atoms with Crippen molar-refractivity contribution in [3.63, 3.8) is 0 Å². The van der Waals surface area contributed by atoms with Crippen LogP contribution in [0.3, 0.4) is 0 Å². The zero-order valence-electron chi connectivity index (χ0n) is 8.29. The lowest BCUT2D eigenvalue weighted by Crippen LogP contribution is -2.41. The van der Waals surface area contributed by atoms with Crippen LogP contribution in [0.1, 0.15) is 13.3 Å². The first-order chi connectivity index (χ1) is 6.87. The summed E-state index contributed by atoms with van der Waals surface area (Å²) in [5, 5.41) is 9.83. The van der Waals surface area contributed by atoms with E-state index in [1.165, 1.54) is 12.2 Å². The highest BCUT2D eigenvalue weighted by molar-refractivity contribution is 5.18. The van der Waals surface area contributed by atoms with Crippen molar-refractivity contribution in [1.82, 2.24) is 0 Å². The lowest BCUT2D eigenvalue weighted by atomic mass is 9.91. The molecule has 15 heavy (non-hydrogen) atoms. The molecule has 1 aliphatic carbocycles. The van der Waals surface area contributed by atoms with Crippen molar-refractivity contribution in [3.05, 3.63) is 24.3 Å². The van der Waals surface area contributed by atoms with Gasteiger partial charge in [-0.3, -0.25) is 0 Å². The van der Waals surface area contributed by atoms with Crippen LogP contribution in [0.5, 0.6) is 0 Å². The van der Waals surface area contributed by atoms with Gasteiger partial charge in [0.2, 0.25) is 0 Å². The van der Waals surface area contributed by atoms with Gasteiger partial charge in [-0.05, 0) is 12.5 Å². The van der Waals surface area contributed by atoms with Crippen LogP contribution < -0.4 is 0 Å². The molecule has 2 nitrogen and oxygen atoms in total. The van der Waals surface area contributed by atoms with Crippen LogP contribution in [0, 0.1) is 5.92 Å². The highest BCUT2D eigenvalue weighted by Crippen LogP contribution is 2.30. The Morgan fingerprint density at radius 1 is 1.40 bits per heavy atom. The minimum Gasteiger partial charge on any atom is -0.362 e. The number of ether oxygens (including phenoxy) is 1. The monoisotopic (exact) mass is 222 g/mol. The first-order valence-electron chi connectivity index (χ1n) is 4.66. The van der Waals surface area contributed by atoms with Crippen molar-refractivity contribution in [2.24, 2.45) is 5.92 Å². The van der Waals surface area contributed by atoms with Crippen molar-refractivity contribution < 1.29 is 23.0 Å². The smallest absolute Gasteiger partial charge is 0.362 e. The molecule has 1 rings (SSSR count). The SMILES string of the molecule is CCC1C=CC=CC1(O)OCC(F)(F)F. The molecule has 5 heteroatoms. The maximum Gasteiger partial charge on any atom is 0.411 e. The van der Waals surface area contributed by atoms with Crippen LogP contribution in [-0.4, -0.2) is 23.7 Å². The zero-order chi connectivity index (χ0) is 11.5. The van der Waals surface area contributed by atoms with Crippen LogP contribution in [0.15, 0.2) is 24.3 Å². The first kappa shape index (κ1) is 12.3. The number of aliphatic hydroxyl groups is 1. The number of halogens is 3. The predicted molar refractivity (Wildman–Crippen MR) is 49.0 cm³/mol. The molecular formula is C10H13F3O2. The molecule has 1 N–H and O–H groups in total. The van der Waals surface area contributed by atoms with Crippen LogP contribution in [0.25, 0.3) is 0 Å². The largest absolute Gasteiger partial charge is 0.411 e. The molecule has 0 bridgehead atoms. The Bertz CT molecular complexity index is 270. The predicted octanol–water partition coefficient (Wildman–Crippen LogP) is 2.41. The molecule has 0 aliphatic heterocycles. The third-order valence-electron chi connectivity index (χ3n) is 2.23. The molecule has 0 radical (unpaired) electrons. The summed E-state index contributed by atoms with van der Waals surface area (Å²) >= 11 is 0. The van der Waals surface area contributed by atoms with Crippen molar-refractivity contribution in [2.45, 2.75) is 25.3 Å². The van der Waals surface area contributed by atoms with E-state index in [1.54, 1.807) is 19.1 Å². The Hall–Kier alpha value is -0.810. The summed E-state index contributed by atoms with van der Waals surface area (Å²) in [5.41, 5.74) is 0. The number of allylic oxidation sites excluding steroid dienone is 2. The molecular weight excluding hydrogens is 209 g/mol. The average Bonchev–Trinajstić information content (AvgIpc) is 2.15. The fourth-order valence-corrected chi connectivity index (χ4v) is 1.43. The lowest BCUT2D eigenvalue weighted by Gasteiger charge is -2.33. The summed E-state index contributed by atoms with van der Waals surface area (Å²) in [7, 11) is 0. The third kappa shape index (κ3) is 3.35. The second-order valence-corrected chi connectivity index (χ2v) is 3.41. The van der Waals surface area contributed by atoms with Gasteiger partial charge in [-0.15, -0.1) is 0 Å². The molecule has 0 saturated carbocycles. The summed E-state index contributed by atoms with van der Waals surface area (Å²) in [6, 6.07) is 0. The number of rotatable bonds is 3. The van der Waals surface area contributed by atoms with E-state index in [0.717, 1.165) is 0 Å². The normalized spacial score (nSPS) is 30.9. The van der Waals surface area contributed by atoms with Crippen molar-refractivity contribution in [2.75, 3.05) is 6.61 Å². The number of hydrogen-bond acceptors (Lipinski definition) is 2. The topological polar surface area (TPSA) is 29.5 Å². The number of alkyl halides is 3. The molecule has 0 aromatic carbocycles. The highest BCUT2D eigenvalue weighted by Gasteiger charge is 2.38. The maximum absolute atomic E-state index is 11.9. The Kier molecular flexibility index (Phi) is 3.57. The molecule has 0 fully saturated rings. The van der Waals surface area contributed by atoms with Gasteiger partial charge in [0.1, 0.15) is 6.61 Å². The van der Waals surface area contributed by atoms with E-state index in [0.29, 0.717) is 6.42 Å². The summed E-state index contributed by atoms with van der Waals surface area (Å²) in [5.74, 6) is -2.27. The fourth-order valence-electron chi connectivity index (χ4n) is 1.43. The van der Waals surface area contributed by atoms with Gasteiger partial charge in [0.25, 0.3) is 0 Å². The minimum atomic E-state index is -4.43. The summed E-state index contributed by atoms with van der Waals surface area (Å²) in [6.07, 6.45) is 2.11. The molecule has 0 amide bonds. The molecule has 86 valence electrons. The quantitative estimate of drug-likeness (QED) is 0.743. The van der Waals surface area contributed by atoms with Crippen LogP contribution in [-0.2, 0) is 4.74 Å². The molecule has 0 spiro atoms. The Morgan fingerprint density at radius 2 is 2.07 bits per heavy atom. The van der Waals surface area contributed by atoms with Gasteiger partial charge in [-0.2, -0.15) is 13.2 Å². The molecule has 0 aromatic rings. The van der Waals surface area contributed by atoms with Crippen LogP contribution >= 0.6 is 0 Å². The van der Waals surface area contributed by atoms with E-state index >= 15 is 0 Å². The Morgan fingerprint density at radius 3 is 2.60 bits per heavy atom. The third-order valence-corrected chi connectivity index (χ3v) is 2.23. The molecule has 2 unspecified atom stereocenters. The van der Waals surface area contributed by atoms with Gasteiger partial charge in [-0.1, -0.05) is 25.2 Å². The second-order valence-electron chi connectivity index (χ2n) is 3.41. The van der Waals surface area contributed by atoms with Gasteiger partial charge < -0.3 is 9.84 Å². The summed E-state index contributed by atoms with van der Waals surface area (Å²) in [6.45, 7) is 0.328. The molecule has 0 saturated heterocycles. The van der Waals surface area contributed by atoms with Crippen LogP contribution in [0.4, 0.5) is 13.2 Å². The van der Waals surface area contributed by atoms with Crippen molar-refractivity contribution >= 4 is 0 Å². The van der Waals surface area contributed by atoms with E-state index < -0.39 is 24.5 Å². The highest BCUT2D eigenvalue weighted by atomic mass is 19.4. The standard InChI is InChI=1S/C10H13F3O2/c1-2-8-5-3-4-6-9(8,14)15-7-10(11,12)13/h3-6,8,14H,2,7H2,1H3. The summed E-state index contributed by atoms with van der Waals surface area (Å²) < 4.78 is 40.3. The molecule has 0 heterocycles. The average molecular weight is 222 g/mol. The minimum absolute atomic E-state index is 0.440. The molecule has 0 aromatic heterocycles. The van der Waals surface area contributed by atoms with Gasteiger partial charge >= 0.3 is 6.18 Å². The number of hydrogen-bond donors (Lipinski definition) is 1. The Labute approximate surface area is 86.0 Å². The summed E-state index contributed by atoms with van der Waals surface area (Å²) in [4.78, 5) is 0. The van der Waals surface area contributed by atoms with Gasteiger partial charge in [0.05, 0.1) is 0 Å². The van der Waals surface area contributed by atoms with Gasteiger partial charge in [-0.25, -0.2) is 0 Å². The second kappa shape index (κ2) is 4.37. The van der Waals surface area contributed by atoms with Gasteiger partial charge in [0, 0.05) is 5.92 Å². The van der Waals surface area contributed by atoms with Gasteiger partial charge in [0.15, 0.2) is 5.79 Å². The lowest BCUT2D eigenvalue weighted by molar-refractivity contribution is -0.259. The van der Waals surface area contributed by atoms with E-state index in [1.807, 2.05) is 0 Å². The first-order valence-corrected chi connectivity index (χ1v) is 4.66. The van der Waals surface area contributed by atoms with E-state index in [2.05, 4.69) is 4.74 Å². The van der Waals surface area contributed by atoms with Crippen LogP contribution in [0.2, 0.25) is 0 Å². The fraction of sp³-hybridized carbons (Fsp3) is 0.600.